The molecule has 0 saturated heterocycles. The number of aromatic hydroxyl groups is 1. The number of hydrogen-bond acceptors (Lipinski definition) is 6. The molecule has 1 aliphatic carbocycles. The molecule has 7 nitrogen and oxygen atoms in total. The molecular formula is C16H20N4O3S. The Morgan fingerprint density at radius 3 is 3.00 bits per heavy atom. The highest BCUT2D eigenvalue weighted by Gasteiger charge is 2.29. The van der Waals surface area contributed by atoms with E-state index in [2.05, 4.69) is 22.4 Å². The Hall–Kier alpha value is -2.22. The van der Waals surface area contributed by atoms with Crippen LogP contribution in [0.2, 0.25) is 0 Å². The van der Waals surface area contributed by atoms with Crippen LogP contribution in [0.25, 0.3) is 0 Å². The molecule has 2 N–H and O–H groups in total. The predicted octanol–water partition coefficient (Wildman–Crippen LogP) is 2.19. The number of fused-ring (bicyclic) bond motifs is 1. The van der Waals surface area contributed by atoms with Crippen molar-refractivity contribution in [2.45, 2.75) is 46.1 Å². The van der Waals surface area contributed by atoms with E-state index in [-0.39, 0.29) is 11.3 Å². The molecule has 0 aliphatic heterocycles. The van der Waals surface area contributed by atoms with E-state index in [1.807, 2.05) is 6.92 Å². The molecule has 24 heavy (non-hydrogen) atoms. The first-order valence-corrected chi connectivity index (χ1v) is 8.95. The second kappa shape index (κ2) is 6.72. The lowest BCUT2D eigenvalue weighted by molar-refractivity contribution is 0.102. The van der Waals surface area contributed by atoms with E-state index in [1.165, 1.54) is 5.51 Å². The van der Waals surface area contributed by atoms with Crippen molar-refractivity contribution in [3.63, 3.8) is 0 Å². The van der Waals surface area contributed by atoms with Crippen LogP contribution in [0.1, 0.15) is 48.3 Å². The summed E-state index contributed by atoms with van der Waals surface area (Å²) in [7, 11) is 0. The first-order valence-electron chi connectivity index (χ1n) is 8.07. The van der Waals surface area contributed by atoms with Crippen molar-refractivity contribution in [2.75, 3.05) is 5.32 Å². The molecule has 2 aromatic heterocycles. The second-order valence-electron chi connectivity index (χ2n) is 6.15. The van der Waals surface area contributed by atoms with Crippen LogP contribution in [0.4, 0.5) is 5.13 Å². The van der Waals surface area contributed by atoms with Crippen LogP contribution in [-0.2, 0) is 19.4 Å². The lowest BCUT2D eigenvalue weighted by atomic mass is 9.86. The lowest BCUT2D eigenvalue weighted by Crippen LogP contribution is -2.34. The normalized spacial score (nSPS) is 16.7. The lowest BCUT2D eigenvalue weighted by Gasteiger charge is -2.26. The zero-order valence-corrected chi connectivity index (χ0v) is 14.5. The van der Waals surface area contributed by atoms with Gasteiger partial charge in [0, 0.05) is 17.8 Å². The van der Waals surface area contributed by atoms with Crippen LogP contribution in [0, 0.1) is 5.92 Å². The van der Waals surface area contributed by atoms with Gasteiger partial charge in [-0.15, -0.1) is 10.2 Å². The number of amides is 1. The maximum atomic E-state index is 12.8. The first-order chi connectivity index (χ1) is 11.5. The monoisotopic (exact) mass is 348 g/mol. The average Bonchev–Trinajstić information content (AvgIpc) is 3.04. The third kappa shape index (κ3) is 2.93. The molecule has 0 spiro atoms. The summed E-state index contributed by atoms with van der Waals surface area (Å²) in [6.45, 7) is 4.63. The number of carbonyl (C=O) groups excluding carboxylic acids is 1. The molecule has 0 aromatic carbocycles. The van der Waals surface area contributed by atoms with Crippen LogP contribution in [0.5, 0.6) is 5.75 Å². The van der Waals surface area contributed by atoms with E-state index >= 15 is 0 Å². The highest BCUT2D eigenvalue weighted by atomic mass is 32.1. The zero-order valence-electron chi connectivity index (χ0n) is 13.7. The van der Waals surface area contributed by atoms with Gasteiger partial charge in [-0.3, -0.25) is 14.9 Å². The smallest absolute Gasteiger partial charge is 0.267 e. The second-order valence-corrected chi connectivity index (χ2v) is 6.98. The van der Waals surface area contributed by atoms with E-state index in [0.717, 1.165) is 41.9 Å². The fourth-order valence-electron chi connectivity index (χ4n) is 3.20. The van der Waals surface area contributed by atoms with Gasteiger partial charge in [-0.05, 0) is 31.6 Å². The average molecular weight is 348 g/mol. The SMILES string of the molecule is CCCn1c2c(c(O)c(C(=O)Nc3nncs3)c1=O)C[C@H](C)CC2. The van der Waals surface area contributed by atoms with Gasteiger partial charge in [-0.1, -0.05) is 25.2 Å². The Kier molecular flexibility index (Phi) is 4.66. The van der Waals surface area contributed by atoms with Gasteiger partial charge in [0.2, 0.25) is 5.13 Å². The van der Waals surface area contributed by atoms with E-state index in [0.29, 0.717) is 24.0 Å². The maximum absolute atomic E-state index is 12.8. The number of hydrogen-bond donors (Lipinski definition) is 2. The van der Waals surface area contributed by atoms with E-state index < -0.39 is 11.5 Å². The van der Waals surface area contributed by atoms with Gasteiger partial charge in [-0.25, -0.2) is 0 Å². The molecule has 128 valence electrons. The van der Waals surface area contributed by atoms with Crippen molar-refractivity contribution in [1.29, 1.82) is 0 Å². The van der Waals surface area contributed by atoms with Crippen molar-refractivity contribution in [3.8, 4) is 5.75 Å². The standard InChI is InChI=1S/C16H20N4O3S/c1-3-6-20-11-5-4-9(2)7-10(11)13(21)12(15(20)23)14(22)18-16-19-17-8-24-16/h8-9,21H,3-7H2,1-2H3,(H,18,19,22)/t9-/m1/s1. The van der Waals surface area contributed by atoms with Crippen molar-refractivity contribution < 1.29 is 9.90 Å². The van der Waals surface area contributed by atoms with Crippen LogP contribution >= 0.6 is 11.3 Å². The van der Waals surface area contributed by atoms with Crippen molar-refractivity contribution in [3.05, 3.63) is 32.7 Å². The van der Waals surface area contributed by atoms with Gasteiger partial charge in [0.25, 0.3) is 11.5 Å². The van der Waals surface area contributed by atoms with Crippen LogP contribution < -0.4 is 10.9 Å². The van der Waals surface area contributed by atoms with Crippen molar-refractivity contribution in [1.82, 2.24) is 14.8 Å². The molecule has 0 saturated carbocycles. The minimum Gasteiger partial charge on any atom is -0.507 e. The number of carbonyl (C=O) groups is 1. The molecule has 0 radical (unpaired) electrons. The number of nitrogens with zero attached hydrogens (tertiary/aromatic N) is 3. The Morgan fingerprint density at radius 2 is 2.33 bits per heavy atom. The number of rotatable bonds is 4. The number of anilines is 1. The fraction of sp³-hybridized carbons (Fsp3) is 0.500. The molecule has 2 heterocycles. The molecule has 8 heteroatoms. The minimum atomic E-state index is -0.639. The molecule has 2 aromatic rings. The molecular weight excluding hydrogens is 328 g/mol. The van der Waals surface area contributed by atoms with Crippen LogP contribution in [0.15, 0.2) is 10.3 Å². The molecule has 1 atom stereocenters. The summed E-state index contributed by atoms with van der Waals surface area (Å²) >= 11 is 1.16. The maximum Gasteiger partial charge on any atom is 0.267 e. The molecule has 3 rings (SSSR count). The highest BCUT2D eigenvalue weighted by Crippen LogP contribution is 2.33. The summed E-state index contributed by atoms with van der Waals surface area (Å²) in [6.07, 6.45) is 3.18. The Morgan fingerprint density at radius 1 is 1.54 bits per heavy atom. The van der Waals surface area contributed by atoms with Crippen molar-refractivity contribution >= 4 is 22.4 Å². The Balaban J connectivity index is 2.11. The highest BCUT2D eigenvalue weighted by molar-refractivity contribution is 7.13. The molecule has 0 bridgehead atoms. The van der Waals surface area contributed by atoms with E-state index in [9.17, 15) is 14.7 Å². The van der Waals surface area contributed by atoms with Gasteiger partial charge in [-0.2, -0.15) is 0 Å². The predicted molar refractivity (Wildman–Crippen MR) is 91.7 cm³/mol. The summed E-state index contributed by atoms with van der Waals surface area (Å²) in [5, 5.41) is 20.9. The largest absolute Gasteiger partial charge is 0.507 e. The van der Waals surface area contributed by atoms with Crippen LogP contribution in [0.3, 0.4) is 0 Å². The van der Waals surface area contributed by atoms with Gasteiger partial charge in [0.05, 0.1) is 0 Å². The van der Waals surface area contributed by atoms with E-state index in [1.54, 1.807) is 4.57 Å². The summed E-state index contributed by atoms with van der Waals surface area (Å²) in [5.74, 6) is -0.411. The minimum absolute atomic E-state index is 0.184. The van der Waals surface area contributed by atoms with Gasteiger partial charge in [0.1, 0.15) is 16.8 Å². The quantitative estimate of drug-likeness (QED) is 0.883. The number of pyridine rings is 1. The molecule has 1 aliphatic rings. The Bertz CT molecular complexity index is 814. The topological polar surface area (TPSA) is 97.1 Å². The third-order valence-electron chi connectivity index (χ3n) is 4.34. The molecule has 1 amide bonds. The molecule has 0 unspecified atom stereocenters. The number of nitrogens with one attached hydrogen (secondary N) is 1. The van der Waals surface area contributed by atoms with Gasteiger partial charge in [0.15, 0.2) is 0 Å². The summed E-state index contributed by atoms with van der Waals surface area (Å²) in [4.78, 5) is 25.3. The summed E-state index contributed by atoms with van der Waals surface area (Å²) in [5.41, 5.74) is 2.43. The third-order valence-corrected chi connectivity index (χ3v) is 4.94. The van der Waals surface area contributed by atoms with Gasteiger partial charge < -0.3 is 9.67 Å². The van der Waals surface area contributed by atoms with E-state index in [4.69, 9.17) is 0 Å². The summed E-state index contributed by atoms with van der Waals surface area (Å²) < 4.78 is 1.65. The number of aromatic nitrogens is 3. The van der Waals surface area contributed by atoms with Crippen molar-refractivity contribution in [2.24, 2.45) is 5.92 Å². The first kappa shape index (κ1) is 16.6. The fourth-order valence-corrected chi connectivity index (χ4v) is 3.64. The Labute approximate surface area is 143 Å². The molecule has 0 fully saturated rings. The summed E-state index contributed by atoms with van der Waals surface area (Å²) in [6, 6.07) is 0. The zero-order chi connectivity index (χ0) is 17.3. The van der Waals surface area contributed by atoms with Crippen LogP contribution in [-0.4, -0.2) is 25.8 Å². The van der Waals surface area contributed by atoms with Gasteiger partial charge >= 0.3 is 0 Å².